The monoisotopic (exact) mass is 380 g/mol. The first-order valence-electron chi connectivity index (χ1n) is 9.36. The van der Waals surface area contributed by atoms with Gasteiger partial charge in [-0.05, 0) is 54.4 Å². The fraction of sp³-hybridized carbons (Fsp3) is 0.286. The predicted molar refractivity (Wildman–Crippen MR) is 104 cm³/mol. The number of fused-ring (bicyclic) bond motifs is 1. The lowest BCUT2D eigenvalue weighted by Crippen LogP contribution is -2.36. The Morgan fingerprint density at radius 2 is 2.04 bits per heavy atom. The number of carbonyl (C=O) groups is 2. The lowest BCUT2D eigenvalue weighted by atomic mass is 10.1. The van der Waals surface area contributed by atoms with Gasteiger partial charge in [0.15, 0.2) is 0 Å². The molecular weight excluding hydrogens is 359 g/mol. The zero-order valence-corrected chi connectivity index (χ0v) is 15.4. The standard InChI is InChI=1S/C21H21FN4O2/c22-17-7-5-15(6-8-17)18-13-16-3-1-9-24-21(16)26(18)14-19(27)23-10-12-25-11-2-4-20(25)28/h1,3,5-9,13H,2,4,10-12,14H2,(H,23,27). The van der Waals surface area contributed by atoms with Crippen molar-refractivity contribution in [3.8, 4) is 11.3 Å². The lowest BCUT2D eigenvalue weighted by Gasteiger charge is -2.16. The van der Waals surface area contributed by atoms with Crippen molar-refractivity contribution in [2.24, 2.45) is 0 Å². The molecule has 3 aromatic rings. The summed E-state index contributed by atoms with van der Waals surface area (Å²) in [5.74, 6) is -0.314. The molecule has 6 nitrogen and oxygen atoms in total. The highest BCUT2D eigenvalue weighted by atomic mass is 19.1. The first kappa shape index (κ1) is 18.2. The van der Waals surface area contributed by atoms with E-state index in [9.17, 15) is 14.0 Å². The molecule has 3 heterocycles. The predicted octanol–water partition coefficient (Wildman–Crippen LogP) is 2.58. The molecule has 0 spiro atoms. The highest BCUT2D eigenvalue weighted by molar-refractivity contribution is 5.87. The summed E-state index contributed by atoms with van der Waals surface area (Å²) in [5.41, 5.74) is 2.32. The molecule has 0 saturated carbocycles. The topological polar surface area (TPSA) is 67.2 Å². The van der Waals surface area contributed by atoms with Crippen molar-refractivity contribution in [1.82, 2.24) is 19.8 Å². The third kappa shape index (κ3) is 3.74. The van der Waals surface area contributed by atoms with E-state index >= 15 is 0 Å². The number of benzene rings is 1. The van der Waals surface area contributed by atoms with Gasteiger partial charge in [-0.15, -0.1) is 0 Å². The molecule has 1 saturated heterocycles. The Morgan fingerprint density at radius 1 is 1.21 bits per heavy atom. The fourth-order valence-corrected chi connectivity index (χ4v) is 3.58. The van der Waals surface area contributed by atoms with Gasteiger partial charge < -0.3 is 14.8 Å². The molecule has 1 fully saturated rings. The van der Waals surface area contributed by atoms with E-state index < -0.39 is 0 Å². The molecule has 2 aromatic heterocycles. The highest BCUT2D eigenvalue weighted by Gasteiger charge is 2.20. The van der Waals surface area contributed by atoms with Crippen LogP contribution < -0.4 is 5.32 Å². The molecule has 0 unspecified atom stereocenters. The molecule has 7 heteroatoms. The van der Waals surface area contributed by atoms with E-state index in [0.717, 1.165) is 29.6 Å². The number of nitrogens with zero attached hydrogens (tertiary/aromatic N) is 3. The van der Waals surface area contributed by atoms with E-state index in [0.29, 0.717) is 25.2 Å². The van der Waals surface area contributed by atoms with Gasteiger partial charge in [0, 0.05) is 37.6 Å². The molecule has 1 aliphatic heterocycles. The maximum absolute atomic E-state index is 13.3. The van der Waals surface area contributed by atoms with Gasteiger partial charge in [0.1, 0.15) is 18.0 Å². The van der Waals surface area contributed by atoms with Crippen molar-refractivity contribution in [2.45, 2.75) is 19.4 Å². The molecule has 4 rings (SSSR count). The largest absolute Gasteiger partial charge is 0.353 e. The van der Waals surface area contributed by atoms with Crippen molar-refractivity contribution in [3.63, 3.8) is 0 Å². The van der Waals surface area contributed by atoms with Crippen LogP contribution in [0.1, 0.15) is 12.8 Å². The van der Waals surface area contributed by atoms with Crippen molar-refractivity contribution in [2.75, 3.05) is 19.6 Å². The van der Waals surface area contributed by atoms with Crippen LogP contribution in [0.2, 0.25) is 0 Å². The summed E-state index contributed by atoms with van der Waals surface area (Å²) in [6.07, 6.45) is 3.16. The van der Waals surface area contributed by atoms with Crippen molar-refractivity contribution in [3.05, 3.63) is 54.5 Å². The Labute approximate surface area is 162 Å². The van der Waals surface area contributed by atoms with Gasteiger partial charge in [0.2, 0.25) is 11.8 Å². The van der Waals surface area contributed by atoms with Crippen molar-refractivity contribution in [1.29, 1.82) is 0 Å². The second-order valence-corrected chi connectivity index (χ2v) is 6.87. The van der Waals surface area contributed by atoms with E-state index in [2.05, 4.69) is 10.3 Å². The van der Waals surface area contributed by atoms with E-state index in [4.69, 9.17) is 0 Å². The van der Waals surface area contributed by atoms with Gasteiger partial charge in [0.25, 0.3) is 0 Å². The summed E-state index contributed by atoms with van der Waals surface area (Å²) >= 11 is 0. The number of rotatable bonds is 6. The number of halogens is 1. The van der Waals surface area contributed by atoms with E-state index in [1.807, 2.05) is 22.8 Å². The minimum absolute atomic E-state index is 0.0984. The molecule has 2 amide bonds. The van der Waals surface area contributed by atoms with E-state index in [1.54, 1.807) is 23.2 Å². The van der Waals surface area contributed by atoms with E-state index in [1.165, 1.54) is 12.1 Å². The zero-order chi connectivity index (χ0) is 19.5. The highest BCUT2D eigenvalue weighted by Crippen LogP contribution is 2.27. The van der Waals surface area contributed by atoms with Crippen LogP contribution in [0.15, 0.2) is 48.7 Å². The summed E-state index contributed by atoms with van der Waals surface area (Å²) in [7, 11) is 0. The number of aromatic nitrogens is 2. The molecule has 1 aliphatic rings. The van der Waals surface area contributed by atoms with Crippen LogP contribution in [0.25, 0.3) is 22.3 Å². The number of hydrogen-bond donors (Lipinski definition) is 1. The molecule has 0 bridgehead atoms. The minimum atomic E-state index is -0.307. The number of amides is 2. The summed E-state index contributed by atoms with van der Waals surface area (Å²) in [6, 6.07) is 11.9. The second-order valence-electron chi connectivity index (χ2n) is 6.87. The molecule has 1 aromatic carbocycles. The second kappa shape index (κ2) is 7.80. The Hall–Kier alpha value is -3.22. The average molecular weight is 380 g/mol. The molecule has 0 radical (unpaired) electrons. The molecule has 144 valence electrons. The Kier molecular flexibility index (Phi) is 5.06. The van der Waals surface area contributed by atoms with Crippen LogP contribution in [-0.4, -0.2) is 45.9 Å². The summed E-state index contributed by atoms with van der Waals surface area (Å²) in [6.45, 7) is 1.81. The molecule has 0 atom stereocenters. The zero-order valence-electron chi connectivity index (χ0n) is 15.4. The smallest absolute Gasteiger partial charge is 0.240 e. The number of nitrogens with one attached hydrogen (secondary N) is 1. The number of hydrogen-bond acceptors (Lipinski definition) is 3. The molecule has 1 N–H and O–H groups in total. The third-order valence-corrected chi connectivity index (χ3v) is 4.97. The van der Waals surface area contributed by atoms with Gasteiger partial charge in [-0.25, -0.2) is 9.37 Å². The number of carbonyl (C=O) groups excluding carboxylic acids is 2. The lowest BCUT2D eigenvalue weighted by molar-refractivity contribution is -0.128. The Morgan fingerprint density at radius 3 is 2.79 bits per heavy atom. The van der Waals surface area contributed by atoms with Crippen LogP contribution in [0.3, 0.4) is 0 Å². The summed E-state index contributed by atoms with van der Waals surface area (Å²) < 4.78 is 15.1. The summed E-state index contributed by atoms with van der Waals surface area (Å²) in [5, 5.41) is 3.79. The van der Waals surface area contributed by atoms with Crippen molar-refractivity contribution < 1.29 is 14.0 Å². The van der Waals surface area contributed by atoms with Crippen LogP contribution >= 0.6 is 0 Å². The van der Waals surface area contributed by atoms with Crippen LogP contribution in [0.5, 0.6) is 0 Å². The Balaban J connectivity index is 1.52. The number of likely N-dealkylation sites (tertiary alicyclic amines) is 1. The molecule has 0 aliphatic carbocycles. The number of pyridine rings is 1. The quantitative estimate of drug-likeness (QED) is 0.715. The third-order valence-electron chi connectivity index (χ3n) is 4.97. The fourth-order valence-electron chi connectivity index (χ4n) is 3.58. The minimum Gasteiger partial charge on any atom is -0.353 e. The maximum Gasteiger partial charge on any atom is 0.240 e. The van der Waals surface area contributed by atoms with Gasteiger partial charge in [-0.3, -0.25) is 9.59 Å². The Bertz CT molecular complexity index is 1010. The van der Waals surface area contributed by atoms with Gasteiger partial charge in [-0.2, -0.15) is 0 Å². The average Bonchev–Trinajstić information content (AvgIpc) is 3.26. The van der Waals surface area contributed by atoms with Crippen LogP contribution in [0.4, 0.5) is 4.39 Å². The van der Waals surface area contributed by atoms with E-state index in [-0.39, 0.29) is 24.2 Å². The van der Waals surface area contributed by atoms with Gasteiger partial charge in [0.05, 0.1) is 5.69 Å². The maximum atomic E-state index is 13.3. The summed E-state index contributed by atoms with van der Waals surface area (Å²) in [4.78, 5) is 30.4. The van der Waals surface area contributed by atoms with Gasteiger partial charge >= 0.3 is 0 Å². The van der Waals surface area contributed by atoms with Crippen molar-refractivity contribution >= 4 is 22.8 Å². The molecule has 28 heavy (non-hydrogen) atoms. The molecular formula is C21H21FN4O2. The van der Waals surface area contributed by atoms with Crippen LogP contribution in [0, 0.1) is 5.82 Å². The first-order valence-corrected chi connectivity index (χ1v) is 9.36. The SMILES string of the molecule is O=C(Cn1c(-c2ccc(F)cc2)cc2cccnc21)NCCN1CCCC1=O. The first-order chi connectivity index (χ1) is 13.6. The van der Waals surface area contributed by atoms with Gasteiger partial charge in [-0.1, -0.05) is 0 Å². The van der Waals surface area contributed by atoms with Crippen LogP contribution in [-0.2, 0) is 16.1 Å². The normalized spacial score (nSPS) is 14.0.